The Kier molecular flexibility index (Phi) is 38.5. The van der Waals surface area contributed by atoms with Crippen LogP contribution in [-0.4, -0.2) is 401 Å². The van der Waals surface area contributed by atoms with E-state index in [-0.39, 0.29) is 124 Å². The number of ether oxygens (including phenoxy) is 12. The molecule has 0 radical (unpaired) electrons. The minimum atomic E-state index is -1.49. The minimum absolute atomic E-state index is 0.0387. The van der Waals surface area contributed by atoms with Gasteiger partial charge < -0.3 is 139 Å². The zero-order valence-corrected chi connectivity index (χ0v) is 64.3. The van der Waals surface area contributed by atoms with Crippen LogP contribution in [0.15, 0.2) is 24.8 Å². The Morgan fingerprint density at radius 3 is 0.895 bits per heavy atom. The lowest BCUT2D eigenvalue weighted by Gasteiger charge is -2.42. The van der Waals surface area contributed by atoms with Crippen LogP contribution < -0.4 is 21.3 Å². The first-order valence-corrected chi connectivity index (χ1v) is 37.7. The number of hydrogen-bond donors (Lipinski definition) is 16. The Balaban J connectivity index is 0.895. The Bertz CT molecular complexity index is 3290. The first-order valence-electron chi connectivity index (χ1n) is 37.7. The third-order valence-corrected chi connectivity index (χ3v) is 18.9. The van der Waals surface area contributed by atoms with E-state index in [1.54, 1.807) is 43.5 Å². The number of hydrogen-bond acceptors (Lipinski definition) is 39. The van der Waals surface area contributed by atoms with Gasteiger partial charge in [-0.2, -0.15) is 0 Å². The van der Waals surface area contributed by atoms with Crippen molar-refractivity contribution in [3.05, 3.63) is 47.6 Å². The van der Waals surface area contributed by atoms with E-state index < -0.39 is 179 Å². The molecular formula is C67H112N18O29. The van der Waals surface area contributed by atoms with Crippen LogP contribution in [0.3, 0.4) is 0 Å². The maximum absolute atomic E-state index is 14.0. The van der Waals surface area contributed by atoms with E-state index in [0.717, 1.165) is 0 Å². The second kappa shape index (κ2) is 47.5. The minimum Gasteiger partial charge on any atom is -0.394 e. The average Bonchev–Trinajstić information content (AvgIpc) is 1.16. The number of nitrogens with one attached hydrogen (secondary N) is 4. The number of Topliss-reactive ketones (excluding diaryl/α,β-unsaturated/α-hetero) is 1. The molecule has 8 rings (SSSR count). The van der Waals surface area contributed by atoms with E-state index in [0.29, 0.717) is 61.7 Å². The van der Waals surface area contributed by atoms with E-state index in [4.69, 9.17) is 56.8 Å². The maximum Gasteiger partial charge on any atom is 0.217 e. The van der Waals surface area contributed by atoms with Gasteiger partial charge in [0.2, 0.25) is 23.6 Å². The predicted molar refractivity (Wildman–Crippen MR) is 380 cm³/mol. The highest BCUT2D eigenvalue weighted by Crippen LogP contribution is 2.27. The van der Waals surface area contributed by atoms with Gasteiger partial charge in [-0.25, -0.2) is 18.7 Å². The fourth-order valence-electron chi connectivity index (χ4n) is 13.1. The fraction of sp³-hybridized carbons (Fsp3) is 0.806. The Morgan fingerprint density at radius 1 is 0.386 bits per heavy atom. The average molecular weight is 1630 g/mol. The normalized spacial score (nSPS) is 28.2. The van der Waals surface area contributed by atoms with Gasteiger partial charge in [0.05, 0.1) is 161 Å². The Hall–Kier alpha value is -6.93. The van der Waals surface area contributed by atoms with Crippen LogP contribution in [-0.2, 0) is 133 Å². The third-order valence-electron chi connectivity index (χ3n) is 18.9. The SMILES string of the molecule is CC(=O)N[C@H]1[C@H](OCCOCCn2cc(CN(CCCC[C@@H](C(C)=O)N(Cc3cn(CCOCCO[C@@H]4O[C@H](CO)[C@H](O)[C@H](O)[C@H]4NC(C)=O)nn3)Cc3cn(CCOCCO[C@@H]4O[C@H](CO)[C@H](O)[C@H](O)[C@H]4NC(C)=O)nn3)Cc3cn(CCOCCO[C@@H]4O[C@H](CO)[C@H](O)[C@H](O)[C@H]4NC(C)=O)nn3)nn2)O[C@H](CO)[C@H](O)[C@@H]1O. The summed E-state index contributed by atoms with van der Waals surface area (Å²) in [6, 6.07) is -5.17. The summed E-state index contributed by atoms with van der Waals surface area (Å²) in [7, 11) is 0. The van der Waals surface area contributed by atoms with Gasteiger partial charge in [-0.05, 0) is 26.3 Å². The first-order chi connectivity index (χ1) is 54.8. The molecule has 4 aromatic heterocycles. The molecule has 4 amide bonds. The maximum atomic E-state index is 14.0. The number of nitrogens with zero attached hydrogens (tertiary/aromatic N) is 14. The van der Waals surface area contributed by atoms with Crippen molar-refractivity contribution in [3.8, 4) is 0 Å². The number of unbranched alkanes of at least 4 members (excludes halogenated alkanes) is 1. The molecule has 8 heterocycles. The van der Waals surface area contributed by atoms with Gasteiger partial charge in [0.15, 0.2) is 25.2 Å². The van der Waals surface area contributed by atoms with Crippen molar-refractivity contribution < 1.29 is 142 Å². The van der Waals surface area contributed by atoms with Crippen molar-refractivity contribution in [2.75, 3.05) is 112 Å². The van der Waals surface area contributed by atoms with E-state index in [2.05, 4.69) is 67.4 Å². The van der Waals surface area contributed by atoms with Gasteiger partial charge in [-0.1, -0.05) is 27.3 Å². The number of aliphatic hydroxyl groups is 12. The molecule has 4 aliphatic rings. The highest BCUT2D eigenvalue weighted by atomic mass is 16.7. The van der Waals surface area contributed by atoms with E-state index in [9.17, 15) is 85.3 Å². The van der Waals surface area contributed by atoms with Gasteiger partial charge in [0.25, 0.3) is 0 Å². The molecule has 0 aliphatic carbocycles. The summed E-state index contributed by atoms with van der Waals surface area (Å²) in [6.45, 7) is 7.03. The second-order valence-corrected chi connectivity index (χ2v) is 27.8. The van der Waals surface area contributed by atoms with Gasteiger partial charge in [0, 0.05) is 78.7 Å². The van der Waals surface area contributed by atoms with Gasteiger partial charge in [-0.15, -0.1) is 20.4 Å². The Morgan fingerprint density at radius 2 is 0.649 bits per heavy atom. The molecule has 0 unspecified atom stereocenters. The summed E-state index contributed by atoms with van der Waals surface area (Å²) in [5.41, 5.74) is 2.21. The zero-order valence-electron chi connectivity index (χ0n) is 64.3. The number of amides is 4. The molecule has 47 heteroatoms. The molecule has 0 spiro atoms. The zero-order chi connectivity index (χ0) is 82.4. The van der Waals surface area contributed by atoms with Crippen molar-refractivity contribution in [1.82, 2.24) is 91.0 Å². The molecule has 4 saturated heterocycles. The number of aliphatic hydroxyl groups excluding tert-OH is 12. The second-order valence-electron chi connectivity index (χ2n) is 27.8. The van der Waals surface area contributed by atoms with E-state index in [1.165, 1.54) is 34.6 Å². The molecule has 4 fully saturated rings. The number of carbonyl (C=O) groups excluding carboxylic acids is 5. The summed E-state index contributed by atoms with van der Waals surface area (Å²) in [5.74, 6) is -2.14. The summed E-state index contributed by atoms with van der Waals surface area (Å²) in [4.78, 5) is 65.6. The lowest BCUT2D eigenvalue weighted by Crippen LogP contribution is -2.64. The quantitative estimate of drug-likeness (QED) is 0.0183. The number of ketones is 1. The Labute approximate surface area is 655 Å². The standard InChI is InChI=1S/C67H112N18O29/c1-38(90)47(81(28-45-32-84(78-74-45)12-16-105-20-24-109-66-54(70-41(4)93)62(101)58(97)50(36-88)113-66)29-46-33-85(79-75-46)13-17-106-21-25-110-67-55(71-42(5)94)63(102)59(98)51(37-89)114-67)8-6-7-9-80(26-43-30-82(76-72-43)10-14-103-18-22-107-64-52(68-39(2)91)60(99)56(95)48(34-86)111-64)27-44-31-83(77-73-44)11-15-104-19-23-108-65-53(69-40(3)92)61(100)57(96)49(35-87)112-65/h30-33,47-67,86-89,95-102H,6-29,34-37H2,1-5H3,(H,68,91)(H,69,92)(H,70,93)(H,71,94)/t47-,48+,49+,50+,51+,52+,53+,54+,55+,56-,57-,58-,59-,60+,61+,62+,63+,64+,65+,66+,67+/m0/s1. The summed E-state index contributed by atoms with van der Waals surface area (Å²) < 4.78 is 75.2. The monoisotopic (exact) mass is 1630 g/mol. The molecule has 21 atom stereocenters. The molecule has 16 N–H and O–H groups in total. The van der Waals surface area contributed by atoms with Gasteiger partial charge in [-0.3, -0.25) is 33.8 Å². The number of carbonyl (C=O) groups is 5. The molecule has 114 heavy (non-hydrogen) atoms. The fourth-order valence-corrected chi connectivity index (χ4v) is 13.1. The molecule has 644 valence electrons. The van der Waals surface area contributed by atoms with Crippen molar-refractivity contribution in [1.29, 1.82) is 0 Å². The van der Waals surface area contributed by atoms with Crippen molar-refractivity contribution >= 4 is 29.4 Å². The number of aromatic nitrogens is 12. The predicted octanol–water partition coefficient (Wildman–Crippen LogP) is -10.2. The summed E-state index contributed by atoms with van der Waals surface area (Å²) in [6.07, 6.45) is -12.8. The lowest BCUT2D eigenvalue weighted by atomic mass is 9.97. The van der Waals surface area contributed by atoms with Crippen LogP contribution in [0.5, 0.6) is 0 Å². The van der Waals surface area contributed by atoms with Crippen LogP contribution >= 0.6 is 0 Å². The third kappa shape index (κ3) is 28.4. The highest BCUT2D eigenvalue weighted by molar-refractivity contribution is 5.81. The van der Waals surface area contributed by atoms with Crippen LogP contribution in [0, 0.1) is 0 Å². The smallest absolute Gasteiger partial charge is 0.217 e. The van der Waals surface area contributed by atoms with Gasteiger partial charge >= 0.3 is 0 Å². The number of rotatable bonds is 51. The van der Waals surface area contributed by atoms with Crippen molar-refractivity contribution in [3.63, 3.8) is 0 Å². The molecule has 0 saturated carbocycles. The highest BCUT2D eigenvalue weighted by Gasteiger charge is 2.49. The summed E-state index contributed by atoms with van der Waals surface area (Å²) in [5, 5.41) is 168. The molecular weight excluding hydrogens is 1520 g/mol. The van der Waals surface area contributed by atoms with Gasteiger partial charge in [0.1, 0.15) is 103 Å². The van der Waals surface area contributed by atoms with Crippen LogP contribution in [0.2, 0.25) is 0 Å². The van der Waals surface area contributed by atoms with Crippen LogP contribution in [0.1, 0.15) is 76.7 Å². The van der Waals surface area contributed by atoms with E-state index >= 15 is 0 Å². The van der Waals surface area contributed by atoms with Crippen LogP contribution in [0.25, 0.3) is 0 Å². The lowest BCUT2D eigenvalue weighted by molar-refractivity contribution is -0.272. The topological polar surface area (TPSA) is 616 Å². The van der Waals surface area contributed by atoms with Crippen molar-refractivity contribution in [2.45, 2.75) is 235 Å². The van der Waals surface area contributed by atoms with Crippen LogP contribution in [0.4, 0.5) is 0 Å². The van der Waals surface area contributed by atoms with E-state index in [1.807, 2.05) is 4.90 Å². The van der Waals surface area contributed by atoms with Crippen molar-refractivity contribution in [2.24, 2.45) is 0 Å². The summed E-state index contributed by atoms with van der Waals surface area (Å²) >= 11 is 0. The molecule has 47 nitrogen and oxygen atoms in total. The molecule has 0 bridgehead atoms. The molecule has 4 aliphatic heterocycles. The first kappa shape index (κ1) is 92.6. The largest absolute Gasteiger partial charge is 0.394 e. The molecule has 4 aromatic rings. The molecule has 0 aromatic carbocycles.